The third kappa shape index (κ3) is 4.73. The van der Waals surface area contributed by atoms with Crippen molar-refractivity contribution in [2.24, 2.45) is 34.5 Å². The van der Waals surface area contributed by atoms with Crippen molar-refractivity contribution in [2.45, 2.75) is 48.9 Å². The molecule has 1 aliphatic heterocycles. The minimum absolute atomic E-state index is 0.106. The van der Waals surface area contributed by atoms with Crippen LogP contribution in [-0.2, 0) is 30.3 Å². The topological polar surface area (TPSA) is 249 Å². The van der Waals surface area contributed by atoms with Crippen molar-refractivity contribution in [3.8, 4) is 22.9 Å². The van der Waals surface area contributed by atoms with Gasteiger partial charge in [0.2, 0.25) is 5.91 Å². The van der Waals surface area contributed by atoms with E-state index in [1.165, 1.54) is 37.2 Å². The highest BCUT2D eigenvalue weighted by Gasteiger charge is 2.78. The van der Waals surface area contributed by atoms with Gasteiger partial charge in [-0.15, -0.1) is 0 Å². The van der Waals surface area contributed by atoms with Crippen LogP contribution < -0.4 is 22.5 Å². The number of phenolic OH excluding ortho intramolecular Hbond substituents is 1. The Morgan fingerprint density at radius 1 is 1.14 bits per heavy atom. The Labute approximate surface area is 279 Å². The highest BCUT2D eigenvalue weighted by Crippen LogP contribution is 2.57. The van der Waals surface area contributed by atoms with Crippen LogP contribution in [0, 0.1) is 34.4 Å². The van der Waals surface area contributed by atoms with Crippen molar-refractivity contribution in [3.63, 3.8) is 0 Å². The summed E-state index contributed by atoms with van der Waals surface area (Å²) in [4.78, 5) is 84.1. The number of nitrogens with zero attached hydrogens (tertiary/aromatic N) is 2. The van der Waals surface area contributed by atoms with Crippen LogP contribution in [0.25, 0.3) is 11.1 Å². The van der Waals surface area contributed by atoms with Gasteiger partial charge >= 0.3 is 0 Å². The van der Waals surface area contributed by atoms with Gasteiger partial charge in [0, 0.05) is 18.7 Å². The van der Waals surface area contributed by atoms with Gasteiger partial charge in [0.05, 0.1) is 34.9 Å². The van der Waals surface area contributed by atoms with Crippen molar-refractivity contribution in [2.75, 3.05) is 27.2 Å². The summed E-state index contributed by atoms with van der Waals surface area (Å²) in [5.41, 5.74) is 12.0. The van der Waals surface area contributed by atoms with Gasteiger partial charge in [-0.3, -0.25) is 33.7 Å². The van der Waals surface area contributed by atoms with E-state index in [1.54, 1.807) is 6.07 Å². The number of ether oxygens (including phenoxy) is 1. The van der Waals surface area contributed by atoms with E-state index in [0.29, 0.717) is 18.6 Å². The molecule has 2 aromatic carbocycles. The van der Waals surface area contributed by atoms with E-state index in [1.807, 2.05) is 0 Å². The number of aromatic hydroxyl groups is 1. The third-order valence-corrected chi connectivity index (χ3v) is 10.5. The van der Waals surface area contributed by atoms with Crippen LogP contribution in [0.3, 0.4) is 0 Å². The number of halogens is 1. The molecule has 2 amide bonds. The minimum atomic E-state index is -2.91. The fourth-order valence-electron chi connectivity index (χ4n) is 8.44. The number of hydrogen-bond acceptors (Lipinski definition) is 12. The maximum absolute atomic E-state index is 14.7. The Morgan fingerprint density at radius 2 is 1.82 bits per heavy atom. The molecule has 0 aromatic heterocycles. The van der Waals surface area contributed by atoms with Crippen LogP contribution in [-0.4, -0.2) is 95.4 Å². The lowest BCUT2D eigenvalue weighted by Crippen LogP contribution is -2.85. The molecule has 256 valence electrons. The number of nitriles is 1. The molecule has 8 N–H and O–H groups in total. The Morgan fingerprint density at radius 3 is 2.39 bits per heavy atom. The largest absolute Gasteiger partial charge is 0.506 e. The van der Waals surface area contributed by atoms with E-state index < -0.39 is 92.9 Å². The number of ketones is 4. The van der Waals surface area contributed by atoms with Crippen molar-refractivity contribution in [1.29, 1.82) is 5.26 Å². The van der Waals surface area contributed by atoms with Gasteiger partial charge in [-0.1, -0.05) is 12.1 Å². The number of likely N-dealkylation sites (N-methyl/N-ethyl adjacent to an activating group) is 1. The Hall–Kier alpha value is -4.88. The summed E-state index contributed by atoms with van der Waals surface area (Å²) in [5.74, 6) is -12.6. The summed E-state index contributed by atoms with van der Waals surface area (Å²) in [6, 6.07) is 6.56. The number of Topliss-reactive ketones (excluding diaryl/α,β-unsaturated/α-hetero) is 4. The van der Waals surface area contributed by atoms with Crippen LogP contribution in [0.15, 0.2) is 30.3 Å². The zero-order valence-corrected chi connectivity index (χ0v) is 26.7. The second kappa shape index (κ2) is 11.6. The van der Waals surface area contributed by atoms with Crippen LogP contribution in [0.2, 0.25) is 0 Å². The molecule has 3 aliphatic carbocycles. The molecule has 3 unspecified atom stereocenters. The van der Waals surface area contributed by atoms with Crippen molar-refractivity contribution in [1.82, 2.24) is 10.2 Å². The van der Waals surface area contributed by atoms with Gasteiger partial charge in [0.15, 0.2) is 34.5 Å². The average Bonchev–Trinajstić information content (AvgIpc) is 3.53. The number of nitrogens with one attached hydrogen (secondary N) is 1. The number of hydrogen-bond donors (Lipinski definition) is 5. The number of primary amides is 1. The zero-order chi connectivity index (χ0) is 35.8. The molecule has 6 rings (SSSR count). The normalized spacial score (nSPS) is 32.3. The SMILES string of the molecule is CN(C)[C@@H]1C(=O)C(C(N)=O)C(=O)[C@@]2(C#N)C(=O)C3C(=O)c4c(O)c(C(=O)NCC5CCCO5)cc(-c5ccc(F)cc5)c4C[C@@]3(N)C[C@@]12N. The van der Waals surface area contributed by atoms with Crippen LogP contribution in [0.4, 0.5) is 4.39 Å². The lowest BCUT2D eigenvalue weighted by atomic mass is 9.42. The van der Waals surface area contributed by atoms with Gasteiger partial charge in [-0.2, -0.15) is 5.26 Å². The smallest absolute Gasteiger partial charge is 0.255 e. The number of nitrogens with two attached hydrogens (primary N) is 3. The molecular weight excluding hydrogens is 639 g/mol. The number of benzene rings is 2. The van der Waals surface area contributed by atoms with Crippen molar-refractivity contribution >= 4 is 34.9 Å². The van der Waals surface area contributed by atoms with E-state index in [0.717, 1.165) is 18.6 Å². The first-order valence-electron chi connectivity index (χ1n) is 15.7. The number of rotatable bonds is 6. The second-order valence-electron chi connectivity index (χ2n) is 13.6. The van der Waals surface area contributed by atoms with Crippen LogP contribution in [0.5, 0.6) is 5.75 Å². The average molecular weight is 675 g/mol. The lowest BCUT2D eigenvalue weighted by Gasteiger charge is -2.60. The molecule has 15 heteroatoms. The molecular formula is C34H35FN6O8. The lowest BCUT2D eigenvalue weighted by molar-refractivity contribution is -0.166. The number of carbonyl (C=O) groups excluding carboxylic acids is 6. The molecule has 14 nitrogen and oxygen atoms in total. The predicted octanol–water partition coefficient (Wildman–Crippen LogP) is -0.477. The Bertz CT molecular complexity index is 1890. The highest BCUT2D eigenvalue weighted by molar-refractivity contribution is 6.33. The van der Waals surface area contributed by atoms with Gasteiger partial charge in [0.1, 0.15) is 17.5 Å². The summed E-state index contributed by atoms with van der Waals surface area (Å²) in [7, 11) is 2.81. The van der Waals surface area contributed by atoms with E-state index in [-0.39, 0.29) is 35.8 Å². The maximum Gasteiger partial charge on any atom is 0.255 e. The van der Waals surface area contributed by atoms with Crippen LogP contribution >= 0.6 is 0 Å². The first-order valence-corrected chi connectivity index (χ1v) is 15.7. The Kier molecular flexibility index (Phi) is 8.07. The van der Waals surface area contributed by atoms with Gasteiger partial charge in [0.25, 0.3) is 5.91 Å². The quantitative estimate of drug-likeness (QED) is 0.244. The molecule has 3 fully saturated rings. The molecule has 1 saturated heterocycles. The first kappa shape index (κ1) is 34.0. The van der Waals surface area contributed by atoms with Crippen molar-refractivity contribution in [3.05, 3.63) is 52.8 Å². The van der Waals surface area contributed by atoms with E-state index >= 15 is 0 Å². The number of fused-ring (bicyclic) bond motifs is 3. The van der Waals surface area contributed by atoms with E-state index in [9.17, 15) is 43.5 Å². The monoisotopic (exact) mass is 674 g/mol. The van der Waals surface area contributed by atoms with Crippen LogP contribution in [0.1, 0.15) is 45.5 Å². The highest BCUT2D eigenvalue weighted by atomic mass is 19.1. The predicted molar refractivity (Wildman–Crippen MR) is 168 cm³/mol. The summed E-state index contributed by atoms with van der Waals surface area (Å²) in [6.45, 7) is 0.644. The van der Waals surface area contributed by atoms with Gasteiger partial charge < -0.3 is 32.4 Å². The van der Waals surface area contributed by atoms with Crippen molar-refractivity contribution < 1.29 is 43.0 Å². The van der Waals surface area contributed by atoms with Gasteiger partial charge in [-0.05, 0) is 74.7 Å². The minimum Gasteiger partial charge on any atom is -0.506 e. The number of phenols is 1. The molecule has 1 heterocycles. The van der Waals surface area contributed by atoms with E-state index in [2.05, 4.69) is 5.32 Å². The summed E-state index contributed by atoms with van der Waals surface area (Å²) in [5, 5.41) is 24.9. The molecule has 2 saturated carbocycles. The molecule has 49 heavy (non-hydrogen) atoms. The molecule has 0 spiro atoms. The molecule has 0 bridgehead atoms. The second-order valence-corrected chi connectivity index (χ2v) is 13.6. The molecule has 0 radical (unpaired) electrons. The molecule has 4 aliphatic rings. The Balaban J connectivity index is 1.56. The van der Waals surface area contributed by atoms with Gasteiger partial charge in [-0.25, -0.2) is 4.39 Å². The van der Waals surface area contributed by atoms with E-state index in [4.69, 9.17) is 21.9 Å². The standard InChI is InChI=1S/C34H35FN6O8/c1-41(2)27-26(44)22(30(37)47)28(45)33(14-36)29(46)23-25(43)21-20(11-32(23,38)13-34(27,33)39)18(15-5-7-16(35)8-6-15)10-19(24(21)42)31(48)40-12-17-4-3-9-49-17/h5-8,10,17,22-23,27,42H,3-4,9,11-13,38-39H2,1-2H3,(H2,37,47)(H,40,48)/t17?,22?,23?,27-,32-,33+,34-/m1/s1. The fraction of sp³-hybridized carbons (Fsp3) is 0.441. The summed E-state index contributed by atoms with van der Waals surface area (Å²) >= 11 is 0. The first-order chi connectivity index (χ1) is 23.0. The zero-order valence-electron chi connectivity index (χ0n) is 26.7. The molecule has 7 atom stereocenters. The number of carbonyl (C=O) groups is 6. The fourth-order valence-corrected chi connectivity index (χ4v) is 8.44. The maximum atomic E-state index is 14.7. The molecule has 2 aromatic rings. The summed E-state index contributed by atoms with van der Waals surface area (Å²) in [6.07, 6.45) is 0.300. The summed E-state index contributed by atoms with van der Waals surface area (Å²) < 4.78 is 19.6. The number of amides is 2. The third-order valence-electron chi connectivity index (χ3n) is 10.5.